The fourth-order valence-corrected chi connectivity index (χ4v) is 4.86. The standard InChI is InChI=1S/C29H18N2/c1-2-8-20-17-21(14-13-19(20)7-1)22-15-16-23-24-9-3-5-11-27(24)31-28-12-6-4-10-26(28)30-29(31)25(23)18-22/h1-18H. The molecule has 0 aliphatic rings. The minimum absolute atomic E-state index is 1.01. The maximum Gasteiger partial charge on any atom is 0.146 e. The molecule has 2 aromatic heterocycles. The van der Waals surface area contributed by atoms with Crippen LogP contribution < -0.4 is 0 Å². The first-order valence-corrected chi connectivity index (χ1v) is 10.6. The third-order valence-corrected chi connectivity index (χ3v) is 6.34. The zero-order valence-electron chi connectivity index (χ0n) is 16.8. The van der Waals surface area contributed by atoms with Gasteiger partial charge in [0.05, 0.1) is 16.6 Å². The van der Waals surface area contributed by atoms with Crippen LogP contribution in [0.1, 0.15) is 0 Å². The zero-order valence-corrected chi connectivity index (χ0v) is 16.8. The van der Waals surface area contributed by atoms with Crippen LogP contribution in [0.2, 0.25) is 0 Å². The van der Waals surface area contributed by atoms with E-state index in [1.54, 1.807) is 0 Å². The maximum absolute atomic E-state index is 5.04. The molecule has 2 heteroatoms. The van der Waals surface area contributed by atoms with Gasteiger partial charge in [0.2, 0.25) is 0 Å². The number of para-hydroxylation sites is 3. The van der Waals surface area contributed by atoms with Crippen molar-refractivity contribution in [3.05, 3.63) is 109 Å². The van der Waals surface area contributed by atoms with E-state index in [0.29, 0.717) is 0 Å². The predicted octanol–water partition coefficient (Wildman–Crippen LogP) is 7.61. The van der Waals surface area contributed by atoms with Gasteiger partial charge in [-0.15, -0.1) is 0 Å². The van der Waals surface area contributed by atoms with Gasteiger partial charge < -0.3 is 0 Å². The van der Waals surface area contributed by atoms with Gasteiger partial charge in [0, 0.05) is 10.8 Å². The van der Waals surface area contributed by atoms with Gasteiger partial charge in [-0.25, -0.2) is 4.98 Å². The summed E-state index contributed by atoms with van der Waals surface area (Å²) in [5, 5.41) is 6.19. The van der Waals surface area contributed by atoms with Crippen LogP contribution in [0.4, 0.5) is 0 Å². The summed E-state index contributed by atoms with van der Waals surface area (Å²) in [6.07, 6.45) is 0. The third-order valence-electron chi connectivity index (χ3n) is 6.34. The summed E-state index contributed by atoms with van der Waals surface area (Å²) in [6, 6.07) is 39.0. The SMILES string of the molecule is c1ccc2cc(-c3ccc4c5ccccc5n5c6ccccc6nc5c4c3)ccc2c1. The molecule has 2 heterocycles. The molecule has 31 heavy (non-hydrogen) atoms. The molecule has 0 radical (unpaired) electrons. The van der Waals surface area contributed by atoms with Crippen molar-refractivity contribution in [2.24, 2.45) is 0 Å². The van der Waals surface area contributed by atoms with E-state index in [9.17, 15) is 0 Å². The second-order valence-corrected chi connectivity index (χ2v) is 8.10. The van der Waals surface area contributed by atoms with Crippen molar-refractivity contribution in [1.29, 1.82) is 0 Å². The maximum atomic E-state index is 5.04. The first-order chi connectivity index (χ1) is 15.4. The number of hydrogen-bond donors (Lipinski definition) is 0. The van der Waals surface area contributed by atoms with Gasteiger partial charge >= 0.3 is 0 Å². The van der Waals surface area contributed by atoms with E-state index in [1.807, 2.05) is 0 Å². The Hall–Kier alpha value is -4.17. The van der Waals surface area contributed by atoms with E-state index in [0.717, 1.165) is 16.7 Å². The van der Waals surface area contributed by atoms with E-state index in [4.69, 9.17) is 4.98 Å². The summed E-state index contributed by atoms with van der Waals surface area (Å²) in [5.41, 5.74) is 6.81. The lowest BCUT2D eigenvalue weighted by Gasteiger charge is -2.11. The van der Waals surface area contributed by atoms with Crippen molar-refractivity contribution in [2.75, 3.05) is 0 Å². The lowest BCUT2D eigenvalue weighted by molar-refractivity contribution is 1.31. The van der Waals surface area contributed by atoms with Gasteiger partial charge in [-0.1, -0.05) is 78.9 Å². The Labute approximate surface area is 179 Å². The summed E-state index contributed by atoms with van der Waals surface area (Å²) < 4.78 is 2.30. The van der Waals surface area contributed by atoms with Gasteiger partial charge in [-0.2, -0.15) is 0 Å². The van der Waals surface area contributed by atoms with Crippen LogP contribution >= 0.6 is 0 Å². The van der Waals surface area contributed by atoms with Gasteiger partial charge in [-0.3, -0.25) is 4.40 Å². The van der Waals surface area contributed by atoms with E-state index in [1.165, 1.54) is 43.6 Å². The molecule has 5 aromatic carbocycles. The number of pyridine rings is 1. The third kappa shape index (κ3) is 2.36. The van der Waals surface area contributed by atoms with Crippen LogP contribution in [0.25, 0.3) is 60.3 Å². The van der Waals surface area contributed by atoms with Crippen LogP contribution in [-0.4, -0.2) is 9.38 Å². The Morgan fingerprint density at radius 1 is 0.484 bits per heavy atom. The van der Waals surface area contributed by atoms with E-state index >= 15 is 0 Å². The lowest BCUT2D eigenvalue weighted by Crippen LogP contribution is -1.92. The van der Waals surface area contributed by atoms with Crippen molar-refractivity contribution in [3.63, 3.8) is 0 Å². The molecule has 0 aliphatic heterocycles. The highest BCUT2D eigenvalue weighted by atomic mass is 15.0. The summed E-state index contributed by atoms with van der Waals surface area (Å²) in [4.78, 5) is 5.04. The fraction of sp³-hybridized carbons (Fsp3) is 0. The topological polar surface area (TPSA) is 17.3 Å². The molecule has 0 amide bonds. The number of aromatic nitrogens is 2. The Bertz CT molecular complexity index is 1790. The largest absolute Gasteiger partial charge is 0.292 e. The second kappa shape index (κ2) is 6.16. The number of hydrogen-bond acceptors (Lipinski definition) is 1. The number of imidazole rings is 1. The molecule has 0 atom stereocenters. The highest BCUT2D eigenvalue weighted by Crippen LogP contribution is 2.35. The number of rotatable bonds is 1. The van der Waals surface area contributed by atoms with E-state index in [-0.39, 0.29) is 0 Å². The molecule has 0 N–H and O–H groups in total. The Morgan fingerprint density at radius 3 is 2.13 bits per heavy atom. The molecule has 0 spiro atoms. The molecule has 0 aliphatic carbocycles. The smallest absolute Gasteiger partial charge is 0.146 e. The summed E-state index contributed by atoms with van der Waals surface area (Å²) in [7, 11) is 0. The van der Waals surface area contributed by atoms with Crippen LogP contribution in [0.15, 0.2) is 109 Å². The van der Waals surface area contributed by atoms with Crippen LogP contribution in [0.3, 0.4) is 0 Å². The molecule has 2 nitrogen and oxygen atoms in total. The molecule has 0 saturated heterocycles. The average Bonchev–Trinajstić information content (AvgIpc) is 3.24. The minimum atomic E-state index is 1.01. The second-order valence-electron chi connectivity index (χ2n) is 8.10. The molecular formula is C29H18N2. The van der Waals surface area contributed by atoms with Gasteiger partial charge in [0.15, 0.2) is 0 Å². The van der Waals surface area contributed by atoms with Crippen LogP contribution in [-0.2, 0) is 0 Å². The normalized spacial score (nSPS) is 11.9. The molecule has 0 unspecified atom stereocenters. The van der Waals surface area contributed by atoms with Gasteiger partial charge in [0.1, 0.15) is 5.65 Å². The molecule has 0 fully saturated rings. The summed E-state index contributed by atoms with van der Waals surface area (Å²) in [6.45, 7) is 0. The molecule has 0 bridgehead atoms. The van der Waals surface area contributed by atoms with Gasteiger partial charge in [-0.05, 0) is 57.6 Å². The van der Waals surface area contributed by atoms with Crippen molar-refractivity contribution in [2.45, 2.75) is 0 Å². The summed E-state index contributed by atoms with van der Waals surface area (Å²) in [5.74, 6) is 0. The van der Waals surface area contributed by atoms with Gasteiger partial charge in [0.25, 0.3) is 0 Å². The Balaban J connectivity index is 1.61. The molecule has 7 rings (SSSR count). The summed E-state index contributed by atoms with van der Waals surface area (Å²) >= 11 is 0. The lowest BCUT2D eigenvalue weighted by atomic mass is 9.97. The molecule has 7 aromatic rings. The highest BCUT2D eigenvalue weighted by Gasteiger charge is 2.14. The number of nitrogens with zero attached hydrogens (tertiary/aromatic N) is 2. The fourth-order valence-electron chi connectivity index (χ4n) is 4.86. The van der Waals surface area contributed by atoms with Crippen molar-refractivity contribution in [3.8, 4) is 11.1 Å². The molecule has 0 saturated carbocycles. The van der Waals surface area contributed by atoms with Crippen molar-refractivity contribution >= 4 is 49.1 Å². The minimum Gasteiger partial charge on any atom is -0.292 e. The monoisotopic (exact) mass is 394 g/mol. The Kier molecular flexibility index (Phi) is 3.30. The average molecular weight is 394 g/mol. The quantitative estimate of drug-likeness (QED) is 0.262. The predicted molar refractivity (Wildman–Crippen MR) is 131 cm³/mol. The highest BCUT2D eigenvalue weighted by molar-refractivity contribution is 6.14. The van der Waals surface area contributed by atoms with Crippen molar-refractivity contribution in [1.82, 2.24) is 9.38 Å². The first-order valence-electron chi connectivity index (χ1n) is 10.6. The van der Waals surface area contributed by atoms with E-state index in [2.05, 4.69) is 114 Å². The first kappa shape index (κ1) is 16.6. The molecule has 144 valence electrons. The van der Waals surface area contributed by atoms with Crippen LogP contribution in [0.5, 0.6) is 0 Å². The van der Waals surface area contributed by atoms with E-state index < -0.39 is 0 Å². The number of fused-ring (bicyclic) bond motifs is 9. The zero-order chi connectivity index (χ0) is 20.4. The van der Waals surface area contributed by atoms with Crippen LogP contribution in [0, 0.1) is 0 Å². The Morgan fingerprint density at radius 2 is 1.19 bits per heavy atom. The molecular weight excluding hydrogens is 376 g/mol. The van der Waals surface area contributed by atoms with Crippen molar-refractivity contribution < 1.29 is 0 Å². The number of benzene rings is 5.